The normalized spacial score (nSPS) is 12.2. The minimum atomic E-state index is 0.0715. The molecule has 0 bridgehead atoms. The summed E-state index contributed by atoms with van der Waals surface area (Å²) in [6.45, 7) is 6.34. The van der Waals surface area contributed by atoms with Gasteiger partial charge in [0.05, 0.1) is 102 Å². The van der Waals surface area contributed by atoms with E-state index in [9.17, 15) is 5.11 Å². The predicted octanol–water partition coefficient (Wildman–Crippen LogP) is 28.7. The molecule has 1 fully saturated rings. The molecule has 1 aliphatic carbocycles. The zero-order valence-corrected chi connectivity index (χ0v) is 85.0. The number of nitrogens with zero attached hydrogens (tertiary/aromatic N) is 15. The van der Waals surface area contributed by atoms with Crippen molar-refractivity contribution in [1.82, 2.24) is 73.0 Å². The molecule has 148 heavy (non-hydrogen) atoms. The molecule has 0 spiro atoms. The third-order valence-corrected chi connectivity index (χ3v) is 30.5. The van der Waals surface area contributed by atoms with Gasteiger partial charge in [0.1, 0.15) is 45.7 Å². The molecule has 25 aromatic rings. The summed E-state index contributed by atoms with van der Waals surface area (Å²) in [4.78, 5) is 28.2. The number of methoxy groups -OCH3 is 4. The zero-order chi connectivity index (χ0) is 100. The third kappa shape index (κ3) is 20.1. The van der Waals surface area contributed by atoms with Gasteiger partial charge in [0.15, 0.2) is 91.8 Å². The van der Waals surface area contributed by atoms with E-state index in [4.69, 9.17) is 58.3 Å². The molecule has 734 valence electrons. The molecule has 16 heterocycles. The van der Waals surface area contributed by atoms with Crippen LogP contribution in [-0.2, 0) is 0 Å². The number of aromatic nitrogens is 15. The van der Waals surface area contributed by atoms with Crippen LogP contribution in [0.3, 0.4) is 0 Å². The highest BCUT2D eigenvalue weighted by atomic mass is 32.1. The van der Waals surface area contributed by atoms with Gasteiger partial charge in [-0.15, -0.1) is 82.2 Å². The molecule has 0 unspecified atom stereocenters. The van der Waals surface area contributed by atoms with E-state index in [1.807, 2.05) is 201 Å². The van der Waals surface area contributed by atoms with Gasteiger partial charge in [-0.3, -0.25) is 0 Å². The summed E-state index contributed by atoms with van der Waals surface area (Å²) in [5.74, 6) is 9.35. The lowest BCUT2D eigenvalue weighted by Crippen LogP contribution is -2.11. The number of imidazole rings is 5. The second kappa shape index (κ2) is 41.6. The molecule has 1 saturated carbocycles. The van der Waals surface area contributed by atoms with Crippen LogP contribution in [0.4, 0.5) is 57.5 Å². The number of fused-ring (bicyclic) bond motifs is 11. The van der Waals surface area contributed by atoms with E-state index in [0.717, 1.165) is 157 Å². The molecule has 34 heteroatoms. The fourth-order valence-corrected chi connectivity index (χ4v) is 22.9. The summed E-state index contributed by atoms with van der Waals surface area (Å²) in [6.07, 6.45) is 14.7. The first kappa shape index (κ1) is 93.9. The van der Waals surface area contributed by atoms with Crippen LogP contribution in [0.2, 0.25) is 0 Å². The molecule has 0 radical (unpaired) electrons. The minimum Gasteiger partial charge on any atom is -0.504 e. The van der Waals surface area contributed by atoms with Gasteiger partial charge in [-0.1, -0.05) is 91.0 Å². The van der Waals surface area contributed by atoms with Gasteiger partial charge in [0, 0.05) is 70.5 Å². The van der Waals surface area contributed by atoms with Gasteiger partial charge in [0.25, 0.3) is 0 Å². The number of anilines is 10. The summed E-state index contributed by atoms with van der Waals surface area (Å²) < 4.78 is 59.7. The van der Waals surface area contributed by atoms with Crippen molar-refractivity contribution >= 4 is 193 Å². The van der Waals surface area contributed by atoms with Crippen LogP contribution in [0.1, 0.15) is 45.1 Å². The van der Waals surface area contributed by atoms with Gasteiger partial charge in [-0.25, -0.2) is 47.5 Å². The molecule has 10 aromatic carbocycles. The molecule has 0 amide bonds. The van der Waals surface area contributed by atoms with E-state index < -0.39 is 0 Å². The molecular formula is C114H94N20O9S5. The number of ether oxygens (including phenoxy) is 8. The van der Waals surface area contributed by atoms with Crippen molar-refractivity contribution < 1.29 is 43.0 Å². The number of rotatable bonds is 23. The Hall–Kier alpha value is -17.7. The summed E-state index contributed by atoms with van der Waals surface area (Å²) in [7, 11) is 6.42. The van der Waals surface area contributed by atoms with E-state index in [0.29, 0.717) is 52.2 Å². The Labute approximate surface area is 867 Å². The molecule has 27 rings (SSSR count). The molecule has 6 N–H and O–H groups in total. The maximum atomic E-state index is 9.97. The SMILES string of the molecule is COc1cc(Nc2ccc3ncc(-c4cc5ccccc5s4)n3n2)ccc1OC(C)C.COc1ccc(Nc2ccc3ncc(-c4cc5ccccc5s4)n3n2)c(OC)c1.COc1ccc(Nc2ccc3ncc(-c4cc5ccccc5s4)n3n2)cc1O.Cc1cc(Nc2ccc3ncc(-c4cc5ccccc5s4)n3n2)ccc1OC1CCCC1.c1ccc2sc(-c3cnc4ccc(Nc5ccc6c(c5)OCO6)nn34)cc2c1. The van der Waals surface area contributed by atoms with Crippen molar-refractivity contribution in [2.24, 2.45) is 0 Å². The van der Waals surface area contributed by atoms with E-state index in [1.54, 1.807) is 90.1 Å². The molecule has 1 aliphatic heterocycles. The highest BCUT2D eigenvalue weighted by molar-refractivity contribution is 7.23. The van der Waals surface area contributed by atoms with Crippen molar-refractivity contribution in [3.63, 3.8) is 0 Å². The lowest BCUT2D eigenvalue weighted by atomic mass is 10.2. The van der Waals surface area contributed by atoms with Gasteiger partial charge in [-0.2, -0.15) is 0 Å². The summed E-state index contributed by atoms with van der Waals surface area (Å²) in [5, 5.41) is 56.6. The number of phenolic OH excluding ortho intramolecular Hbond substituents is 1. The maximum absolute atomic E-state index is 9.97. The molecular weight excluding hydrogens is 1950 g/mol. The van der Waals surface area contributed by atoms with Crippen LogP contribution in [0, 0.1) is 6.92 Å². The Balaban J connectivity index is 0.000000102. The van der Waals surface area contributed by atoms with E-state index >= 15 is 0 Å². The monoisotopic (exact) mass is 2050 g/mol. The maximum Gasteiger partial charge on any atom is 0.231 e. The van der Waals surface area contributed by atoms with Crippen LogP contribution < -0.4 is 64.5 Å². The summed E-state index contributed by atoms with van der Waals surface area (Å²) in [5.41, 5.74) is 14.3. The van der Waals surface area contributed by atoms with Crippen LogP contribution in [0.25, 0.3) is 132 Å². The van der Waals surface area contributed by atoms with E-state index in [1.165, 1.54) is 70.4 Å². The van der Waals surface area contributed by atoms with Crippen molar-refractivity contribution in [1.29, 1.82) is 0 Å². The van der Waals surface area contributed by atoms with Gasteiger partial charge in [-0.05, 0) is 267 Å². The smallest absolute Gasteiger partial charge is 0.231 e. The summed E-state index contributed by atoms with van der Waals surface area (Å²) in [6, 6.07) is 101. The quantitative estimate of drug-likeness (QED) is 0.0347. The number of aromatic hydroxyl groups is 1. The Morgan fingerprint density at radius 2 is 0.669 bits per heavy atom. The van der Waals surface area contributed by atoms with Crippen molar-refractivity contribution in [3.05, 3.63) is 340 Å². The van der Waals surface area contributed by atoms with E-state index in [2.05, 4.69) is 221 Å². The van der Waals surface area contributed by atoms with Crippen LogP contribution in [0.5, 0.6) is 51.7 Å². The molecule has 0 saturated heterocycles. The number of nitrogens with one attached hydrogen (secondary N) is 5. The van der Waals surface area contributed by atoms with Crippen LogP contribution in [-0.4, -0.2) is 126 Å². The lowest BCUT2D eigenvalue weighted by molar-refractivity contribution is 0.174. The third-order valence-electron chi connectivity index (χ3n) is 24.8. The molecule has 29 nitrogen and oxygen atoms in total. The number of hydrogen-bond acceptors (Lipinski definition) is 29. The predicted molar refractivity (Wildman–Crippen MR) is 595 cm³/mol. The second-order valence-electron chi connectivity index (χ2n) is 35.1. The standard InChI is InChI=1S/C26H24N4OS.C24H22N4O2S.C22H18N4O2S.C21H14N4O2S.C21H16N4O2S/c1-17-14-19(10-11-22(17)31-20-7-3-4-8-20)28-25-12-13-26-27-16-21(30(26)29-25)24-15-18-6-2-5-9-23(18)32-24;1-15(2)30-19-9-8-17(13-20(19)29-3)26-23-10-11-24-25-14-18(28(24)27-23)22-12-16-6-4-5-7-21(16)31-22;1-27-15-7-8-16(18(12-15)28-2)24-21-9-10-22-23-13-17(26(22)25-21)20-11-14-5-3-4-6-19(14)29-20;1-2-4-18-13(3-1)9-19(28-18)15-11-22-21-8-7-20(24-25(15)21)23-14-5-6-16-17(10-14)27-12-26-16;1-27-17-7-6-14(11-16(17)26)23-20-8-9-21-22-12-15(25(21)24-20)19-10-13-4-2-3-5-18(13)28-19/h2,5-6,9-16,20H,3-4,7-8H2,1H3,(H,28,29);4-15H,1-3H3,(H,26,27);3-13H,1-2H3,(H,24,25);1-11H,12H2,(H,23,24);2-12,26H,1H3,(H,23,24). The Kier molecular flexibility index (Phi) is 26.4. The topological polar surface area (TPSA) is 305 Å². The lowest BCUT2D eigenvalue weighted by Gasteiger charge is -2.16. The number of thiophene rings is 5. The number of hydrogen-bond donors (Lipinski definition) is 6. The Morgan fingerprint density at radius 1 is 0.324 bits per heavy atom. The van der Waals surface area contributed by atoms with Crippen molar-refractivity contribution in [3.8, 4) is 105 Å². The van der Waals surface area contributed by atoms with Crippen molar-refractivity contribution in [2.45, 2.75) is 58.7 Å². The zero-order valence-electron chi connectivity index (χ0n) is 80.9. The molecule has 0 atom stereocenters. The van der Waals surface area contributed by atoms with E-state index in [-0.39, 0.29) is 18.6 Å². The van der Waals surface area contributed by atoms with Crippen LogP contribution in [0.15, 0.2) is 334 Å². The first-order chi connectivity index (χ1) is 72.6. The Morgan fingerprint density at radius 3 is 1.03 bits per heavy atom. The van der Waals surface area contributed by atoms with Crippen molar-refractivity contribution in [2.75, 3.05) is 61.8 Å². The largest absolute Gasteiger partial charge is 0.504 e. The highest BCUT2D eigenvalue weighted by Gasteiger charge is 2.24. The fraction of sp³-hybridized carbons (Fsp3) is 0.123. The average Bonchev–Trinajstić information content (AvgIpc) is 1.64. The van der Waals surface area contributed by atoms with Crippen LogP contribution >= 0.6 is 56.7 Å². The highest BCUT2D eigenvalue weighted by Crippen LogP contribution is 2.44. The number of phenols is 1. The number of aryl methyl sites for hydroxylation is 1. The van der Waals surface area contributed by atoms with Gasteiger partial charge < -0.3 is 69.6 Å². The second-order valence-corrected chi connectivity index (χ2v) is 40.5. The number of benzene rings is 10. The fourth-order valence-electron chi connectivity index (χ4n) is 17.6. The Bertz CT molecular complexity index is 9020. The minimum absolute atomic E-state index is 0.0715. The first-order valence-electron chi connectivity index (χ1n) is 47.8. The molecule has 15 aromatic heterocycles. The average molecular weight is 2050 g/mol. The summed E-state index contributed by atoms with van der Waals surface area (Å²) >= 11 is 8.69. The molecule has 2 aliphatic rings. The van der Waals surface area contributed by atoms with Gasteiger partial charge >= 0.3 is 0 Å². The van der Waals surface area contributed by atoms with Gasteiger partial charge in [0.2, 0.25) is 6.79 Å². The first-order valence-corrected chi connectivity index (χ1v) is 51.9.